The molecular formula is C23H30FN3O4S. The Bertz CT molecular complexity index is 1030. The van der Waals surface area contributed by atoms with Crippen LogP contribution in [0.2, 0.25) is 0 Å². The molecule has 0 spiro atoms. The summed E-state index contributed by atoms with van der Waals surface area (Å²) in [6.07, 6.45) is 0.884. The van der Waals surface area contributed by atoms with E-state index in [1.165, 1.54) is 11.6 Å². The number of nitrogens with zero attached hydrogens (tertiary/aromatic N) is 2. The molecule has 2 aromatic carbocycles. The van der Waals surface area contributed by atoms with E-state index in [2.05, 4.69) is 9.62 Å². The highest BCUT2D eigenvalue weighted by Gasteiger charge is 2.26. The summed E-state index contributed by atoms with van der Waals surface area (Å²) in [7, 11) is -2.18. The zero-order valence-electron chi connectivity index (χ0n) is 18.7. The van der Waals surface area contributed by atoms with Crippen LogP contribution in [0.15, 0.2) is 47.4 Å². The Balaban J connectivity index is 1.59. The summed E-state index contributed by atoms with van der Waals surface area (Å²) in [5, 5.41) is 0. The molecule has 0 saturated carbocycles. The highest BCUT2D eigenvalue weighted by atomic mass is 32.2. The SMILES string of the molecule is COc1ccc(CCN2CCN(C(=O)c3cc(S(=O)(=O)NC(C)C)ccc3F)CC2)cc1. The molecule has 1 saturated heterocycles. The first-order valence-corrected chi connectivity index (χ1v) is 12.1. The van der Waals surface area contributed by atoms with Gasteiger partial charge in [-0.15, -0.1) is 0 Å². The Morgan fingerprint density at radius 3 is 2.34 bits per heavy atom. The number of hydrogen-bond acceptors (Lipinski definition) is 5. The predicted molar refractivity (Wildman–Crippen MR) is 121 cm³/mol. The van der Waals surface area contributed by atoms with Crippen molar-refractivity contribution in [2.24, 2.45) is 0 Å². The molecular weight excluding hydrogens is 433 g/mol. The van der Waals surface area contributed by atoms with Crippen molar-refractivity contribution in [3.63, 3.8) is 0 Å². The molecule has 3 rings (SSSR count). The van der Waals surface area contributed by atoms with E-state index in [1.54, 1.807) is 25.9 Å². The normalized spacial score (nSPS) is 15.2. The zero-order valence-corrected chi connectivity index (χ0v) is 19.5. The number of piperazine rings is 1. The third kappa shape index (κ3) is 6.05. The molecule has 1 aliphatic rings. The van der Waals surface area contributed by atoms with Gasteiger partial charge in [0, 0.05) is 38.8 Å². The van der Waals surface area contributed by atoms with Crippen molar-refractivity contribution in [1.82, 2.24) is 14.5 Å². The largest absolute Gasteiger partial charge is 0.497 e. The molecule has 2 aromatic rings. The second kappa shape index (κ2) is 10.4. The molecule has 0 atom stereocenters. The fourth-order valence-electron chi connectivity index (χ4n) is 3.64. The van der Waals surface area contributed by atoms with E-state index in [0.29, 0.717) is 26.2 Å². The molecule has 1 aliphatic heterocycles. The number of hydrogen-bond donors (Lipinski definition) is 1. The number of amides is 1. The van der Waals surface area contributed by atoms with Gasteiger partial charge in [-0.25, -0.2) is 17.5 Å². The van der Waals surface area contributed by atoms with E-state index in [4.69, 9.17) is 4.74 Å². The lowest BCUT2D eigenvalue weighted by Crippen LogP contribution is -2.49. The minimum atomic E-state index is -3.81. The summed E-state index contributed by atoms with van der Waals surface area (Å²) in [6.45, 7) is 6.52. The van der Waals surface area contributed by atoms with Gasteiger partial charge in [-0.1, -0.05) is 12.1 Å². The first kappa shape index (κ1) is 24.2. The second-order valence-electron chi connectivity index (χ2n) is 8.15. The first-order valence-electron chi connectivity index (χ1n) is 10.7. The minimum absolute atomic E-state index is 0.117. The van der Waals surface area contributed by atoms with Crippen molar-refractivity contribution in [2.75, 3.05) is 39.8 Å². The molecule has 7 nitrogen and oxygen atoms in total. The molecule has 1 heterocycles. The maximum absolute atomic E-state index is 14.4. The molecule has 1 fully saturated rings. The molecule has 9 heteroatoms. The Morgan fingerprint density at radius 2 is 1.75 bits per heavy atom. The van der Waals surface area contributed by atoms with Gasteiger partial charge < -0.3 is 9.64 Å². The number of rotatable bonds is 8. The smallest absolute Gasteiger partial charge is 0.256 e. The summed E-state index contributed by atoms with van der Waals surface area (Å²) in [4.78, 5) is 16.6. The summed E-state index contributed by atoms with van der Waals surface area (Å²) in [6, 6.07) is 11.0. The quantitative estimate of drug-likeness (QED) is 0.651. The molecule has 1 N–H and O–H groups in total. The van der Waals surface area contributed by atoms with Crippen LogP contribution in [0, 0.1) is 5.82 Å². The van der Waals surface area contributed by atoms with Crippen LogP contribution in [-0.2, 0) is 16.4 Å². The summed E-state index contributed by atoms with van der Waals surface area (Å²) < 4.78 is 46.8. The van der Waals surface area contributed by atoms with Crippen molar-refractivity contribution >= 4 is 15.9 Å². The number of halogens is 1. The standard InChI is InChI=1S/C23H30FN3O4S/c1-17(2)25-32(29,30)20-8-9-22(24)21(16-20)23(28)27-14-12-26(13-15-27)11-10-18-4-6-19(31-3)7-5-18/h4-9,16-17,25H,10-15H2,1-3H3. The van der Waals surface area contributed by atoms with Gasteiger partial charge in [0.05, 0.1) is 17.6 Å². The lowest BCUT2D eigenvalue weighted by molar-refractivity contribution is 0.0633. The molecule has 0 aromatic heterocycles. The fraction of sp³-hybridized carbons (Fsp3) is 0.435. The van der Waals surface area contributed by atoms with Crippen LogP contribution in [0.3, 0.4) is 0 Å². The van der Waals surface area contributed by atoms with Gasteiger partial charge in [0.2, 0.25) is 10.0 Å². The van der Waals surface area contributed by atoms with Crippen LogP contribution in [0.4, 0.5) is 4.39 Å². The Kier molecular flexibility index (Phi) is 7.86. The monoisotopic (exact) mass is 463 g/mol. The predicted octanol–water partition coefficient (Wildman–Crippen LogP) is 2.52. The third-order valence-corrected chi connectivity index (χ3v) is 7.06. The highest BCUT2D eigenvalue weighted by Crippen LogP contribution is 2.19. The van der Waals surface area contributed by atoms with Crippen LogP contribution < -0.4 is 9.46 Å². The van der Waals surface area contributed by atoms with Crippen LogP contribution in [0.1, 0.15) is 29.8 Å². The third-order valence-electron chi connectivity index (χ3n) is 5.40. The summed E-state index contributed by atoms with van der Waals surface area (Å²) in [5.74, 6) is -0.385. The minimum Gasteiger partial charge on any atom is -0.497 e. The number of carbonyl (C=O) groups is 1. The maximum atomic E-state index is 14.4. The average Bonchev–Trinajstić information content (AvgIpc) is 2.77. The maximum Gasteiger partial charge on any atom is 0.256 e. The van der Waals surface area contributed by atoms with E-state index in [9.17, 15) is 17.6 Å². The van der Waals surface area contributed by atoms with E-state index in [-0.39, 0.29) is 16.5 Å². The Hall–Kier alpha value is -2.49. The number of sulfonamides is 1. The molecule has 0 aliphatic carbocycles. The van der Waals surface area contributed by atoms with Crippen molar-refractivity contribution in [3.05, 3.63) is 59.4 Å². The second-order valence-corrected chi connectivity index (χ2v) is 9.86. The van der Waals surface area contributed by atoms with E-state index in [0.717, 1.165) is 30.8 Å². The molecule has 174 valence electrons. The van der Waals surface area contributed by atoms with Crippen molar-refractivity contribution in [1.29, 1.82) is 0 Å². The number of methoxy groups -OCH3 is 1. The van der Waals surface area contributed by atoms with Gasteiger partial charge in [0.1, 0.15) is 11.6 Å². The van der Waals surface area contributed by atoms with E-state index in [1.807, 2.05) is 24.3 Å². The van der Waals surface area contributed by atoms with Crippen molar-refractivity contribution < 1.29 is 22.3 Å². The number of carbonyl (C=O) groups excluding carboxylic acids is 1. The first-order chi connectivity index (χ1) is 15.2. The van der Waals surface area contributed by atoms with Gasteiger partial charge in [-0.05, 0) is 56.2 Å². The summed E-state index contributed by atoms with van der Waals surface area (Å²) >= 11 is 0. The number of ether oxygens (including phenoxy) is 1. The average molecular weight is 464 g/mol. The van der Waals surface area contributed by atoms with Crippen molar-refractivity contribution in [2.45, 2.75) is 31.2 Å². The molecule has 32 heavy (non-hydrogen) atoms. The van der Waals surface area contributed by atoms with Gasteiger partial charge in [-0.3, -0.25) is 9.69 Å². The number of benzene rings is 2. The van der Waals surface area contributed by atoms with Gasteiger partial charge in [0.25, 0.3) is 5.91 Å². The lowest BCUT2D eigenvalue weighted by Gasteiger charge is -2.35. The molecule has 1 amide bonds. The number of nitrogens with one attached hydrogen (secondary N) is 1. The molecule has 0 radical (unpaired) electrons. The van der Waals surface area contributed by atoms with Crippen LogP contribution >= 0.6 is 0 Å². The fourth-order valence-corrected chi connectivity index (χ4v) is 4.91. The van der Waals surface area contributed by atoms with Gasteiger partial charge in [-0.2, -0.15) is 0 Å². The van der Waals surface area contributed by atoms with E-state index < -0.39 is 21.7 Å². The summed E-state index contributed by atoms with van der Waals surface area (Å²) in [5.41, 5.74) is 0.989. The topological polar surface area (TPSA) is 79.0 Å². The zero-order chi connectivity index (χ0) is 23.3. The van der Waals surface area contributed by atoms with Gasteiger partial charge >= 0.3 is 0 Å². The van der Waals surface area contributed by atoms with Crippen LogP contribution in [0.25, 0.3) is 0 Å². The Labute approximate surface area is 189 Å². The molecule has 0 bridgehead atoms. The Morgan fingerprint density at radius 1 is 1.09 bits per heavy atom. The van der Waals surface area contributed by atoms with E-state index >= 15 is 0 Å². The highest BCUT2D eigenvalue weighted by molar-refractivity contribution is 7.89. The van der Waals surface area contributed by atoms with Crippen molar-refractivity contribution in [3.8, 4) is 5.75 Å². The van der Waals surface area contributed by atoms with Gasteiger partial charge in [0.15, 0.2) is 0 Å². The molecule has 0 unspecified atom stereocenters. The van der Waals surface area contributed by atoms with Crippen LogP contribution in [0.5, 0.6) is 5.75 Å². The lowest BCUT2D eigenvalue weighted by atomic mass is 10.1. The van der Waals surface area contributed by atoms with Crippen LogP contribution in [-0.4, -0.2) is 70.0 Å².